The van der Waals surface area contributed by atoms with Crippen LogP contribution in [0.4, 0.5) is 17.6 Å². The molecule has 5 heteroatoms. The van der Waals surface area contributed by atoms with E-state index in [4.69, 9.17) is 0 Å². The molecule has 0 heterocycles. The fourth-order valence-corrected chi connectivity index (χ4v) is 1.48. The van der Waals surface area contributed by atoms with Crippen LogP contribution in [0.15, 0.2) is 17.0 Å². The van der Waals surface area contributed by atoms with Crippen molar-refractivity contribution in [3.8, 4) is 0 Å². The summed E-state index contributed by atoms with van der Waals surface area (Å²) in [4.78, 5) is -0.334. The molecule has 1 aromatic rings. The van der Waals surface area contributed by atoms with E-state index in [0.717, 1.165) is 0 Å². The average molecular weight is 210 g/mol. The Morgan fingerprint density at radius 3 is 2.08 bits per heavy atom. The molecule has 1 aromatic carbocycles. The van der Waals surface area contributed by atoms with Gasteiger partial charge in [-0.1, -0.05) is 0 Å². The smallest absolute Gasteiger partial charge is 0.142 e. The van der Waals surface area contributed by atoms with Crippen LogP contribution >= 0.6 is 11.8 Å². The van der Waals surface area contributed by atoms with Crippen molar-refractivity contribution in [2.75, 3.05) is 12.4 Å². The maximum absolute atomic E-state index is 12.8. The molecule has 0 saturated heterocycles. The van der Waals surface area contributed by atoms with Gasteiger partial charge in [0.1, 0.15) is 17.5 Å². The lowest BCUT2D eigenvalue weighted by atomic mass is 10.3. The third-order valence-corrected chi connectivity index (χ3v) is 2.32. The molecule has 0 unspecified atom stereocenters. The highest BCUT2D eigenvalue weighted by Crippen LogP contribution is 2.25. The van der Waals surface area contributed by atoms with E-state index >= 15 is 0 Å². The Morgan fingerprint density at radius 1 is 1.08 bits per heavy atom. The summed E-state index contributed by atoms with van der Waals surface area (Å²) in [6, 6.07) is 1.15. The SMILES string of the molecule is FCCSc1c(F)cc(F)cc1F. The second kappa shape index (κ2) is 4.50. The van der Waals surface area contributed by atoms with Crippen LogP contribution < -0.4 is 0 Å². The molecule has 0 N–H and O–H groups in total. The fourth-order valence-electron chi connectivity index (χ4n) is 0.807. The van der Waals surface area contributed by atoms with Gasteiger partial charge < -0.3 is 0 Å². The molecule has 0 aliphatic heterocycles. The topological polar surface area (TPSA) is 0 Å². The summed E-state index contributed by atoms with van der Waals surface area (Å²) in [6.07, 6.45) is 0. The molecule has 0 atom stereocenters. The van der Waals surface area contributed by atoms with Crippen LogP contribution in [0.1, 0.15) is 0 Å². The molecule has 72 valence electrons. The molecule has 0 bridgehead atoms. The van der Waals surface area contributed by atoms with Gasteiger partial charge in [0.15, 0.2) is 0 Å². The van der Waals surface area contributed by atoms with Crippen molar-refractivity contribution in [2.24, 2.45) is 0 Å². The molecule has 0 spiro atoms. The average Bonchev–Trinajstić information content (AvgIpc) is 2.02. The van der Waals surface area contributed by atoms with E-state index in [1.54, 1.807) is 0 Å². The van der Waals surface area contributed by atoms with Crippen molar-refractivity contribution in [3.05, 3.63) is 29.6 Å². The lowest BCUT2D eigenvalue weighted by Crippen LogP contribution is -1.92. The number of hydrogen-bond acceptors (Lipinski definition) is 1. The molecule has 0 aliphatic rings. The molecular formula is C8H6F4S. The second-order valence-electron chi connectivity index (χ2n) is 2.24. The second-order valence-corrected chi connectivity index (χ2v) is 3.34. The highest BCUT2D eigenvalue weighted by Gasteiger charge is 2.11. The van der Waals surface area contributed by atoms with E-state index in [9.17, 15) is 17.6 Å². The zero-order chi connectivity index (χ0) is 9.84. The Labute approximate surface area is 76.9 Å². The first-order valence-electron chi connectivity index (χ1n) is 3.48. The van der Waals surface area contributed by atoms with Gasteiger partial charge in [-0.3, -0.25) is 4.39 Å². The van der Waals surface area contributed by atoms with E-state index < -0.39 is 24.1 Å². The summed E-state index contributed by atoms with van der Waals surface area (Å²) in [5.74, 6) is -2.99. The van der Waals surface area contributed by atoms with Gasteiger partial charge in [0.2, 0.25) is 0 Å². The first-order valence-corrected chi connectivity index (χ1v) is 4.47. The zero-order valence-corrected chi connectivity index (χ0v) is 7.31. The van der Waals surface area contributed by atoms with Crippen LogP contribution in [-0.4, -0.2) is 12.4 Å². The molecular weight excluding hydrogens is 204 g/mol. The minimum absolute atomic E-state index is 0.0422. The first kappa shape index (κ1) is 10.4. The van der Waals surface area contributed by atoms with Crippen LogP contribution in [0.25, 0.3) is 0 Å². The van der Waals surface area contributed by atoms with E-state index in [1.165, 1.54) is 0 Å². The minimum Gasteiger partial charge on any atom is -0.250 e. The lowest BCUT2D eigenvalue weighted by molar-refractivity contribution is 0.508. The lowest BCUT2D eigenvalue weighted by Gasteiger charge is -2.02. The van der Waals surface area contributed by atoms with Gasteiger partial charge in [0.25, 0.3) is 0 Å². The molecule has 0 amide bonds. The molecule has 0 aliphatic carbocycles. The van der Waals surface area contributed by atoms with E-state index in [2.05, 4.69) is 0 Å². The van der Waals surface area contributed by atoms with Crippen LogP contribution in [0.2, 0.25) is 0 Å². The van der Waals surface area contributed by atoms with Crippen molar-refractivity contribution >= 4 is 11.8 Å². The Hall–Kier alpha value is -0.710. The van der Waals surface area contributed by atoms with Crippen molar-refractivity contribution in [1.29, 1.82) is 0 Å². The number of alkyl halides is 1. The number of halogens is 4. The quantitative estimate of drug-likeness (QED) is 0.545. The summed E-state index contributed by atoms with van der Waals surface area (Å²) in [5, 5.41) is 0. The molecule has 13 heavy (non-hydrogen) atoms. The van der Waals surface area contributed by atoms with E-state index in [1.807, 2.05) is 0 Å². The summed E-state index contributed by atoms with van der Waals surface area (Å²) in [7, 11) is 0. The van der Waals surface area contributed by atoms with Crippen molar-refractivity contribution in [3.63, 3.8) is 0 Å². The van der Waals surface area contributed by atoms with Crippen molar-refractivity contribution < 1.29 is 17.6 Å². The standard InChI is InChI=1S/C8H6F4S/c9-1-2-13-8-6(11)3-5(10)4-7(8)12/h3-4H,1-2H2. The summed E-state index contributed by atoms with van der Waals surface area (Å²) < 4.78 is 49.7. The monoisotopic (exact) mass is 210 g/mol. The van der Waals surface area contributed by atoms with Crippen LogP contribution in [0.3, 0.4) is 0 Å². The third kappa shape index (κ3) is 2.62. The molecule has 0 fully saturated rings. The Balaban J connectivity index is 2.92. The van der Waals surface area contributed by atoms with E-state index in [0.29, 0.717) is 23.9 Å². The van der Waals surface area contributed by atoms with E-state index in [-0.39, 0.29) is 10.6 Å². The Bertz CT molecular complexity index is 277. The summed E-state index contributed by atoms with van der Waals surface area (Å²) >= 11 is 0.691. The Kier molecular flexibility index (Phi) is 3.59. The van der Waals surface area contributed by atoms with Gasteiger partial charge in [-0.15, -0.1) is 11.8 Å². The van der Waals surface area contributed by atoms with Gasteiger partial charge in [-0.25, -0.2) is 13.2 Å². The first-order chi connectivity index (χ1) is 6.15. The minimum atomic E-state index is -0.990. The van der Waals surface area contributed by atoms with Crippen molar-refractivity contribution in [2.45, 2.75) is 4.90 Å². The normalized spacial score (nSPS) is 10.5. The number of rotatable bonds is 3. The highest BCUT2D eigenvalue weighted by atomic mass is 32.2. The van der Waals surface area contributed by atoms with Crippen molar-refractivity contribution in [1.82, 2.24) is 0 Å². The van der Waals surface area contributed by atoms with Crippen LogP contribution in [0, 0.1) is 17.5 Å². The van der Waals surface area contributed by atoms with Gasteiger partial charge in [-0.05, 0) is 0 Å². The fraction of sp³-hybridized carbons (Fsp3) is 0.250. The van der Waals surface area contributed by atoms with Gasteiger partial charge in [0, 0.05) is 17.9 Å². The predicted octanol–water partition coefficient (Wildman–Crippen LogP) is 3.17. The maximum Gasteiger partial charge on any atom is 0.142 e. The number of hydrogen-bond donors (Lipinski definition) is 0. The number of thioether (sulfide) groups is 1. The van der Waals surface area contributed by atoms with Crippen LogP contribution in [0.5, 0.6) is 0 Å². The molecule has 0 aromatic heterocycles. The third-order valence-electron chi connectivity index (χ3n) is 1.29. The molecule has 0 nitrogen and oxygen atoms in total. The van der Waals surface area contributed by atoms with Gasteiger partial charge in [0.05, 0.1) is 11.6 Å². The molecule has 1 rings (SSSR count). The molecule has 0 saturated carbocycles. The number of benzene rings is 1. The Morgan fingerprint density at radius 2 is 1.62 bits per heavy atom. The largest absolute Gasteiger partial charge is 0.250 e. The van der Waals surface area contributed by atoms with Crippen LogP contribution in [-0.2, 0) is 0 Å². The van der Waals surface area contributed by atoms with Gasteiger partial charge in [-0.2, -0.15) is 0 Å². The van der Waals surface area contributed by atoms with Gasteiger partial charge >= 0.3 is 0 Å². The maximum atomic E-state index is 12.8. The summed E-state index contributed by atoms with van der Waals surface area (Å²) in [5.41, 5.74) is 0. The summed E-state index contributed by atoms with van der Waals surface area (Å²) in [6.45, 7) is -0.680. The zero-order valence-electron chi connectivity index (χ0n) is 6.49. The predicted molar refractivity (Wildman–Crippen MR) is 43.0 cm³/mol. The molecule has 0 radical (unpaired) electrons. The highest BCUT2D eigenvalue weighted by molar-refractivity contribution is 7.99.